The number of unbranched alkanes of at least 4 members (excludes halogenated alkanes) is 1. The number of fused-ring (bicyclic) bond motifs is 1. The van der Waals surface area contributed by atoms with Crippen molar-refractivity contribution in [1.29, 1.82) is 0 Å². The summed E-state index contributed by atoms with van der Waals surface area (Å²) in [6.45, 7) is 2.17. The topological polar surface area (TPSA) is 74.3 Å². The zero-order valence-electron chi connectivity index (χ0n) is 17.9. The van der Waals surface area contributed by atoms with Crippen LogP contribution in [-0.2, 0) is 11.2 Å². The maximum absolute atomic E-state index is 12.8. The van der Waals surface area contributed by atoms with Gasteiger partial charge in [-0.15, -0.1) is 0 Å². The number of carbonyl (C=O) groups excluding carboxylic acids is 2. The summed E-state index contributed by atoms with van der Waals surface area (Å²) in [7, 11) is 0. The third-order valence-corrected chi connectivity index (χ3v) is 6.94. The van der Waals surface area contributed by atoms with Crippen molar-refractivity contribution in [3.05, 3.63) is 57.8 Å². The van der Waals surface area contributed by atoms with Gasteiger partial charge in [0.25, 0.3) is 5.91 Å². The smallest absolute Gasteiger partial charge is 0.255 e. The molecular weight excluding hydrogens is 447 g/mol. The van der Waals surface area contributed by atoms with Crippen molar-refractivity contribution in [3.8, 4) is 0 Å². The van der Waals surface area contributed by atoms with Gasteiger partial charge < -0.3 is 15.5 Å². The van der Waals surface area contributed by atoms with E-state index in [1.165, 1.54) is 0 Å². The van der Waals surface area contributed by atoms with E-state index in [4.69, 9.17) is 23.2 Å². The molecule has 0 saturated carbocycles. The van der Waals surface area contributed by atoms with E-state index < -0.39 is 0 Å². The quantitative estimate of drug-likeness (QED) is 0.576. The van der Waals surface area contributed by atoms with Gasteiger partial charge in [-0.2, -0.15) is 0 Å². The molecule has 1 atom stereocenters. The van der Waals surface area contributed by atoms with Crippen LogP contribution in [0.3, 0.4) is 0 Å². The monoisotopic (exact) mass is 474 g/mol. The number of rotatable bonds is 7. The fraction of sp³-hybridized carbons (Fsp3) is 0.458. The van der Waals surface area contributed by atoms with E-state index in [9.17, 15) is 9.59 Å². The zero-order valence-corrected chi connectivity index (χ0v) is 19.5. The van der Waals surface area contributed by atoms with Gasteiger partial charge in [0.15, 0.2) is 0 Å². The number of nitrogens with one attached hydrogen (secondary N) is 2. The van der Waals surface area contributed by atoms with Crippen molar-refractivity contribution in [2.75, 3.05) is 25.0 Å². The molecule has 1 fully saturated rings. The molecular formula is C24H28Cl2N4O2. The molecule has 1 aromatic carbocycles. The average molecular weight is 475 g/mol. The average Bonchev–Trinajstić information content (AvgIpc) is 3.25. The van der Waals surface area contributed by atoms with E-state index in [1.807, 2.05) is 17.2 Å². The summed E-state index contributed by atoms with van der Waals surface area (Å²) in [5.41, 5.74) is 2.57. The summed E-state index contributed by atoms with van der Waals surface area (Å²) in [6, 6.07) is 6.70. The lowest BCUT2D eigenvalue weighted by Gasteiger charge is -2.32. The molecule has 0 aliphatic carbocycles. The zero-order chi connectivity index (χ0) is 22.5. The summed E-state index contributed by atoms with van der Waals surface area (Å²) < 4.78 is 0. The summed E-state index contributed by atoms with van der Waals surface area (Å²) in [5.74, 6) is 0.618. The van der Waals surface area contributed by atoms with E-state index in [2.05, 4.69) is 15.6 Å². The first-order valence-electron chi connectivity index (χ1n) is 11.2. The molecule has 2 amide bonds. The molecule has 4 rings (SSSR count). The van der Waals surface area contributed by atoms with Gasteiger partial charge in [0.1, 0.15) is 6.04 Å². The minimum Gasteiger partial charge on any atom is -0.373 e. The van der Waals surface area contributed by atoms with Crippen LogP contribution in [0.25, 0.3) is 0 Å². The Morgan fingerprint density at radius 1 is 1.16 bits per heavy atom. The van der Waals surface area contributed by atoms with Crippen LogP contribution in [-0.4, -0.2) is 47.4 Å². The van der Waals surface area contributed by atoms with Crippen LogP contribution in [0.2, 0.25) is 10.0 Å². The molecule has 1 unspecified atom stereocenters. The number of aromatic nitrogens is 1. The van der Waals surface area contributed by atoms with E-state index >= 15 is 0 Å². The minimum atomic E-state index is -0.205. The van der Waals surface area contributed by atoms with Gasteiger partial charge in [0.05, 0.1) is 10.6 Å². The third kappa shape index (κ3) is 5.54. The van der Waals surface area contributed by atoms with Crippen LogP contribution < -0.4 is 10.6 Å². The highest BCUT2D eigenvalue weighted by molar-refractivity contribution is 6.35. The molecule has 0 spiro atoms. The highest BCUT2D eigenvalue weighted by Gasteiger charge is 2.27. The van der Waals surface area contributed by atoms with Crippen LogP contribution in [0, 0.1) is 5.92 Å². The van der Waals surface area contributed by atoms with E-state index in [1.54, 1.807) is 24.4 Å². The number of anilines is 1. The maximum atomic E-state index is 12.8. The van der Waals surface area contributed by atoms with Gasteiger partial charge >= 0.3 is 0 Å². The summed E-state index contributed by atoms with van der Waals surface area (Å²) in [6.07, 6.45) is 9.38. The Morgan fingerprint density at radius 2 is 1.97 bits per heavy atom. The molecule has 32 heavy (non-hydrogen) atoms. The number of halogens is 2. The van der Waals surface area contributed by atoms with Gasteiger partial charge in [-0.05, 0) is 55.0 Å². The summed E-state index contributed by atoms with van der Waals surface area (Å²) >= 11 is 12.2. The summed E-state index contributed by atoms with van der Waals surface area (Å²) in [4.78, 5) is 31.1. The highest BCUT2D eigenvalue weighted by Crippen LogP contribution is 2.27. The Kier molecular flexibility index (Phi) is 7.53. The van der Waals surface area contributed by atoms with Crippen molar-refractivity contribution in [1.82, 2.24) is 15.2 Å². The Hall–Kier alpha value is -2.31. The van der Waals surface area contributed by atoms with Crippen LogP contribution in [0.15, 0.2) is 36.7 Å². The predicted octanol–water partition coefficient (Wildman–Crippen LogP) is 4.56. The largest absolute Gasteiger partial charge is 0.373 e. The van der Waals surface area contributed by atoms with Gasteiger partial charge in [0.2, 0.25) is 5.91 Å². The molecule has 1 saturated heterocycles. The van der Waals surface area contributed by atoms with Crippen LogP contribution in [0.4, 0.5) is 5.69 Å². The lowest BCUT2D eigenvalue weighted by molar-refractivity contribution is -0.121. The molecule has 0 bridgehead atoms. The molecule has 6 nitrogen and oxygen atoms in total. The highest BCUT2D eigenvalue weighted by atomic mass is 35.5. The number of amides is 2. The van der Waals surface area contributed by atoms with E-state index in [0.29, 0.717) is 34.5 Å². The van der Waals surface area contributed by atoms with E-state index in [0.717, 1.165) is 56.4 Å². The number of pyridine rings is 1. The number of hydrogen-bond donors (Lipinski definition) is 2. The maximum Gasteiger partial charge on any atom is 0.255 e. The van der Waals surface area contributed by atoms with Crippen molar-refractivity contribution >= 4 is 40.7 Å². The van der Waals surface area contributed by atoms with Gasteiger partial charge in [-0.1, -0.05) is 36.0 Å². The minimum absolute atomic E-state index is 0.0443. The van der Waals surface area contributed by atoms with Crippen molar-refractivity contribution in [2.45, 2.75) is 44.6 Å². The Morgan fingerprint density at radius 3 is 2.75 bits per heavy atom. The van der Waals surface area contributed by atoms with E-state index in [-0.39, 0.29) is 17.9 Å². The number of piperidine rings is 1. The molecule has 2 N–H and O–H groups in total. The van der Waals surface area contributed by atoms with Crippen molar-refractivity contribution in [2.24, 2.45) is 5.92 Å². The fourth-order valence-electron chi connectivity index (χ4n) is 4.50. The fourth-order valence-corrected chi connectivity index (χ4v) is 4.87. The first kappa shape index (κ1) is 22.9. The third-order valence-electron chi connectivity index (χ3n) is 6.37. The first-order chi connectivity index (χ1) is 15.5. The number of likely N-dealkylation sites (tertiary alicyclic amines) is 1. The second-order valence-corrected chi connectivity index (χ2v) is 9.42. The molecule has 8 heteroatoms. The number of carbonyl (C=O) groups is 2. The molecule has 3 heterocycles. The Balaban J connectivity index is 1.12. The molecule has 2 aromatic rings. The predicted molar refractivity (Wildman–Crippen MR) is 127 cm³/mol. The number of benzene rings is 1. The molecule has 170 valence electrons. The lowest BCUT2D eigenvalue weighted by atomic mass is 9.91. The van der Waals surface area contributed by atoms with Crippen LogP contribution >= 0.6 is 23.2 Å². The number of hydrogen-bond acceptors (Lipinski definition) is 4. The Labute approximate surface area is 198 Å². The first-order valence-corrected chi connectivity index (χ1v) is 12.0. The standard InChI is InChI=1S/C24H28Cl2N4O2/c25-18-4-5-20(26)19(14-18)24(32)30-11-7-16(8-12-30)3-1-2-9-28-23(31)22-13-17-15-27-10-6-21(17)29-22/h4-6,10,14-16,22,29H,1-3,7-9,11-13H2,(H,28,31). The normalized spacial score (nSPS) is 18.2. The molecule has 0 radical (unpaired) electrons. The SMILES string of the molecule is O=C(NCCCCC1CCN(C(=O)c2cc(Cl)ccc2Cl)CC1)C1Cc2cnccc2N1. The Bertz CT molecular complexity index is 951. The van der Waals surface area contributed by atoms with Crippen molar-refractivity contribution in [3.63, 3.8) is 0 Å². The number of nitrogens with zero attached hydrogens (tertiary/aromatic N) is 2. The van der Waals surface area contributed by atoms with Gasteiger partial charge in [-0.25, -0.2) is 0 Å². The molecule has 2 aliphatic rings. The van der Waals surface area contributed by atoms with Crippen molar-refractivity contribution < 1.29 is 9.59 Å². The lowest BCUT2D eigenvalue weighted by Crippen LogP contribution is -2.39. The van der Waals surface area contributed by atoms with Gasteiger partial charge in [-0.3, -0.25) is 14.6 Å². The second-order valence-electron chi connectivity index (χ2n) is 8.58. The van der Waals surface area contributed by atoms with Crippen LogP contribution in [0.5, 0.6) is 0 Å². The second kappa shape index (κ2) is 10.5. The van der Waals surface area contributed by atoms with Crippen LogP contribution in [0.1, 0.15) is 48.0 Å². The summed E-state index contributed by atoms with van der Waals surface area (Å²) in [5, 5.41) is 7.27. The van der Waals surface area contributed by atoms with Gasteiger partial charge in [0, 0.05) is 49.2 Å². The molecule has 1 aromatic heterocycles. The molecule has 2 aliphatic heterocycles.